The smallest absolute Gasteiger partial charge is 0.246 e. The zero-order valence-corrected chi connectivity index (χ0v) is 18.7. The molecule has 3 aliphatic carbocycles. The molecule has 1 amide bonds. The van der Waals surface area contributed by atoms with Gasteiger partial charge in [-0.2, -0.15) is 0 Å². The minimum Gasteiger partial charge on any atom is -0.504 e. The molecule has 6 nitrogen and oxygen atoms in total. The van der Waals surface area contributed by atoms with Crippen molar-refractivity contribution in [2.75, 3.05) is 20.1 Å². The summed E-state index contributed by atoms with van der Waals surface area (Å²) < 4.78 is 11.7. The Hall–Kier alpha value is -2.99. The highest BCUT2D eigenvalue weighted by Crippen LogP contribution is 2.63. The molecule has 1 aromatic carbocycles. The Labute approximate surface area is 193 Å². The lowest BCUT2D eigenvalue weighted by molar-refractivity contribution is -0.129. The Morgan fingerprint density at radius 1 is 1.33 bits per heavy atom. The summed E-state index contributed by atoms with van der Waals surface area (Å²) in [4.78, 5) is 17.6. The number of aromatic hydroxyl groups is 1. The van der Waals surface area contributed by atoms with Crippen LogP contribution in [0.3, 0.4) is 0 Å². The van der Waals surface area contributed by atoms with Crippen LogP contribution in [0.25, 0.3) is 6.08 Å². The largest absolute Gasteiger partial charge is 0.504 e. The molecular formula is C27H28N2O4. The number of benzene rings is 1. The van der Waals surface area contributed by atoms with Crippen LogP contribution >= 0.6 is 0 Å². The summed E-state index contributed by atoms with van der Waals surface area (Å²) in [6.07, 6.45) is 13.2. The standard InChI is InChI=1S/C27H28N2O4/c1-28(23(31)9-4-17-10-11-32-14-17)20-7-6-19-21-12-18-5-8-22(30)25-24(18)27(19,26(20)33-25)15-29(21)13-16-2-3-16/h4-6,8-11,14,16,20-21,26,30H,2-3,7,12-13,15H2,1H3/b9-4+/t20-,21-,26+,27+/m1/s1. The number of carbonyl (C=O) groups is 1. The predicted molar refractivity (Wildman–Crippen MR) is 123 cm³/mol. The second-order valence-electron chi connectivity index (χ2n) is 10.4. The average molecular weight is 445 g/mol. The van der Waals surface area contributed by atoms with E-state index in [2.05, 4.69) is 17.0 Å². The van der Waals surface area contributed by atoms with Gasteiger partial charge in [0.2, 0.25) is 5.91 Å². The van der Waals surface area contributed by atoms with E-state index in [1.807, 2.05) is 18.0 Å². The molecule has 2 bridgehead atoms. The molecule has 7 rings (SSSR count). The first-order chi connectivity index (χ1) is 16.1. The highest BCUT2D eigenvalue weighted by molar-refractivity contribution is 5.92. The first-order valence-electron chi connectivity index (χ1n) is 12.0. The van der Waals surface area contributed by atoms with Gasteiger partial charge in [-0.25, -0.2) is 0 Å². The summed E-state index contributed by atoms with van der Waals surface area (Å²) in [7, 11) is 1.87. The molecule has 1 spiro atoms. The van der Waals surface area contributed by atoms with Crippen LogP contribution in [0.15, 0.2) is 52.9 Å². The fourth-order valence-corrected chi connectivity index (χ4v) is 6.80. The van der Waals surface area contributed by atoms with E-state index in [1.54, 1.807) is 30.7 Å². The number of amides is 1. The van der Waals surface area contributed by atoms with Gasteiger partial charge in [-0.1, -0.05) is 12.1 Å². The van der Waals surface area contributed by atoms with Crippen molar-refractivity contribution < 1.29 is 19.1 Å². The molecule has 3 heterocycles. The predicted octanol–water partition coefficient (Wildman–Crippen LogP) is 3.50. The number of hydrogen-bond donors (Lipinski definition) is 1. The third-order valence-corrected chi connectivity index (χ3v) is 8.51. The van der Waals surface area contributed by atoms with E-state index >= 15 is 0 Å². The molecular weight excluding hydrogens is 416 g/mol. The average Bonchev–Trinajstić information content (AvgIpc) is 3.25. The lowest BCUT2D eigenvalue weighted by Gasteiger charge is -2.45. The van der Waals surface area contributed by atoms with E-state index in [0.717, 1.165) is 37.4 Å². The molecule has 1 aromatic heterocycles. The monoisotopic (exact) mass is 444 g/mol. The molecule has 6 heteroatoms. The maximum atomic E-state index is 13.1. The van der Waals surface area contributed by atoms with Gasteiger partial charge < -0.3 is 19.2 Å². The van der Waals surface area contributed by atoms with E-state index in [-0.39, 0.29) is 29.2 Å². The van der Waals surface area contributed by atoms with E-state index in [0.29, 0.717) is 11.8 Å². The Morgan fingerprint density at radius 2 is 2.21 bits per heavy atom. The zero-order chi connectivity index (χ0) is 22.3. The Morgan fingerprint density at radius 3 is 3.00 bits per heavy atom. The third-order valence-electron chi connectivity index (χ3n) is 8.51. The van der Waals surface area contributed by atoms with Crippen molar-refractivity contribution in [2.45, 2.75) is 49.3 Å². The first kappa shape index (κ1) is 19.5. The number of likely N-dealkylation sites (N-methyl/N-ethyl adjacent to an activating group) is 1. The molecule has 1 saturated heterocycles. The Kier molecular flexibility index (Phi) is 3.99. The van der Waals surface area contributed by atoms with E-state index < -0.39 is 0 Å². The van der Waals surface area contributed by atoms with Crippen LogP contribution in [0, 0.1) is 5.92 Å². The maximum absolute atomic E-state index is 13.1. The van der Waals surface area contributed by atoms with Gasteiger partial charge in [-0.05, 0) is 60.9 Å². The number of nitrogens with zero attached hydrogens (tertiary/aromatic N) is 2. The van der Waals surface area contributed by atoms with Crippen molar-refractivity contribution in [3.8, 4) is 11.5 Å². The molecule has 0 radical (unpaired) electrons. The highest BCUT2D eigenvalue weighted by atomic mass is 16.5. The van der Waals surface area contributed by atoms with Crippen LogP contribution in [0.1, 0.15) is 36.0 Å². The number of hydrogen-bond acceptors (Lipinski definition) is 5. The second kappa shape index (κ2) is 6.76. The van der Waals surface area contributed by atoms with Gasteiger partial charge in [0.25, 0.3) is 0 Å². The molecule has 5 aliphatic rings. The molecule has 170 valence electrons. The van der Waals surface area contributed by atoms with E-state index in [1.165, 1.54) is 29.5 Å². The Balaban J connectivity index is 1.27. The van der Waals surface area contributed by atoms with E-state index in [9.17, 15) is 9.90 Å². The Bertz CT molecular complexity index is 1190. The van der Waals surface area contributed by atoms with Gasteiger partial charge in [0.15, 0.2) is 11.5 Å². The minimum absolute atomic E-state index is 0.0568. The summed E-state index contributed by atoms with van der Waals surface area (Å²) in [5, 5.41) is 10.7. The molecule has 2 aromatic rings. The number of ether oxygens (including phenoxy) is 1. The van der Waals surface area contributed by atoms with Crippen molar-refractivity contribution >= 4 is 12.0 Å². The van der Waals surface area contributed by atoms with Gasteiger partial charge >= 0.3 is 0 Å². The molecule has 4 atom stereocenters. The number of furan rings is 1. The molecule has 0 unspecified atom stereocenters. The normalized spacial score (nSPS) is 31.4. The van der Waals surface area contributed by atoms with Crippen LogP contribution in [0.5, 0.6) is 11.5 Å². The summed E-state index contributed by atoms with van der Waals surface area (Å²) in [6, 6.07) is 5.99. The number of likely N-dealkylation sites (tertiary alicyclic amines) is 1. The molecule has 2 fully saturated rings. The van der Waals surface area contributed by atoms with Crippen molar-refractivity contribution in [1.82, 2.24) is 9.80 Å². The summed E-state index contributed by atoms with van der Waals surface area (Å²) in [5.74, 6) is 1.60. The maximum Gasteiger partial charge on any atom is 0.246 e. The van der Waals surface area contributed by atoms with Gasteiger partial charge in [0.05, 0.1) is 24.0 Å². The molecule has 1 saturated carbocycles. The van der Waals surface area contributed by atoms with Crippen LogP contribution in [0.2, 0.25) is 0 Å². The first-order valence-corrected chi connectivity index (χ1v) is 12.0. The topological polar surface area (TPSA) is 66.2 Å². The molecule has 33 heavy (non-hydrogen) atoms. The van der Waals surface area contributed by atoms with Crippen molar-refractivity contribution in [3.05, 3.63) is 65.1 Å². The highest BCUT2D eigenvalue weighted by Gasteiger charge is 2.66. The number of phenols is 1. The molecule has 2 aliphatic heterocycles. The number of carbonyl (C=O) groups excluding carboxylic acids is 1. The minimum atomic E-state index is -0.271. The molecule has 1 N–H and O–H groups in total. The lowest BCUT2D eigenvalue weighted by atomic mass is 9.61. The van der Waals surface area contributed by atoms with Crippen molar-refractivity contribution in [3.63, 3.8) is 0 Å². The third kappa shape index (κ3) is 2.67. The van der Waals surface area contributed by atoms with Gasteiger partial charge in [0, 0.05) is 43.4 Å². The van der Waals surface area contributed by atoms with E-state index in [4.69, 9.17) is 9.15 Å². The van der Waals surface area contributed by atoms with Crippen LogP contribution in [0.4, 0.5) is 0 Å². The van der Waals surface area contributed by atoms with Gasteiger partial charge in [0.1, 0.15) is 6.10 Å². The fourth-order valence-electron chi connectivity index (χ4n) is 6.80. The van der Waals surface area contributed by atoms with Crippen molar-refractivity contribution in [2.24, 2.45) is 5.92 Å². The van der Waals surface area contributed by atoms with Gasteiger partial charge in [-0.3, -0.25) is 9.69 Å². The SMILES string of the molecule is CN(C(=O)/C=C/c1ccoc1)[C@@H]1CC=C2[C@H]3Cc4ccc(O)c5c4[C@@]2(CN3CC2CC2)[C@H]1O5. The number of rotatable bonds is 5. The lowest BCUT2D eigenvalue weighted by Crippen LogP contribution is -2.57. The summed E-state index contributed by atoms with van der Waals surface area (Å²) >= 11 is 0. The van der Waals surface area contributed by atoms with Crippen LogP contribution in [-0.4, -0.2) is 59.1 Å². The zero-order valence-electron chi connectivity index (χ0n) is 18.7. The van der Waals surface area contributed by atoms with Gasteiger partial charge in [-0.15, -0.1) is 0 Å². The van der Waals surface area contributed by atoms with Crippen molar-refractivity contribution in [1.29, 1.82) is 0 Å². The fraction of sp³-hybridized carbons (Fsp3) is 0.444. The summed E-state index contributed by atoms with van der Waals surface area (Å²) in [5.41, 5.74) is 4.51. The quantitative estimate of drug-likeness (QED) is 0.565. The van der Waals surface area contributed by atoms with Crippen LogP contribution in [-0.2, 0) is 16.6 Å². The second-order valence-corrected chi connectivity index (χ2v) is 10.4. The van der Waals surface area contributed by atoms with Crippen LogP contribution < -0.4 is 4.74 Å². The number of phenolic OH excluding ortho intramolecular Hbond substituents is 1. The summed E-state index contributed by atoms with van der Waals surface area (Å²) in [6.45, 7) is 2.05.